The first-order valence-electron chi connectivity index (χ1n) is 7.71. The second kappa shape index (κ2) is 8.16. The van der Waals surface area contributed by atoms with E-state index in [4.69, 9.17) is 4.74 Å². The third-order valence-corrected chi connectivity index (χ3v) is 4.34. The van der Waals surface area contributed by atoms with E-state index >= 15 is 0 Å². The van der Waals surface area contributed by atoms with E-state index in [1.54, 1.807) is 0 Å². The number of amides is 1. The van der Waals surface area contributed by atoms with E-state index in [9.17, 15) is 4.79 Å². The van der Waals surface area contributed by atoms with Gasteiger partial charge >= 0.3 is 0 Å². The van der Waals surface area contributed by atoms with Crippen molar-refractivity contribution in [3.05, 3.63) is 63.6 Å². The number of halogens is 1. The Hall–Kier alpha value is -1.81. The summed E-state index contributed by atoms with van der Waals surface area (Å²) in [5.41, 5.74) is 3.51. The number of aryl methyl sites for hydroxylation is 1. The third-order valence-electron chi connectivity index (χ3n) is 3.72. The van der Waals surface area contributed by atoms with Gasteiger partial charge in [-0.2, -0.15) is 0 Å². The third kappa shape index (κ3) is 5.10. The summed E-state index contributed by atoms with van der Waals surface area (Å²) in [7, 11) is 0. The van der Waals surface area contributed by atoms with Gasteiger partial charge in [0.05, 0.1) is 4.47 Å². The van der Waals surface area contributed by atoms with Gasteiger partial charge in [0.25, 0.3) is 5.91 Å². The zero-order chi connectivity index (χ0) is 16.8. The first-order valence-corrected chi connectivity index (χ1v) is 8.50. The molecule has 0 saturated carbocycles. The molecule has 0 fully saturated rings. The summed E-state index contributed by atoms with van der Waals surface area (Å²) in [5, 5.41) is 2.88. The number of hydrogen-bond donors (Lipinski definition) is 1. The van der Waals surface area contributed by atoms with Crippen LogP contribution in [0.25, 0.3) is 0 Å². The zero-order valence-electron chi connectivity index (χ0n) is 13.7. The topological polar surface area (TPSA) is 38.3 Å². The van der Waals surface area contributed by atoms with E-state index in [0.717, 1.165) is 10.0 Å². The molecule has 0 saturated heterocycles. The Kier molecular flexibility index (Phi) is 6.22. The van der Waals surface area contributed by atoms with E-state index < -0.39 is 0 Å². The predicted molar refractivity (Wildman–Crippen MR) is 96.8 cm³/mol. The molecule has 122 valence electrons. The number of benzene rings is 2. The van der Waals surface area contributed by atoms with Gasteiger partial charge in [-0.25, -0.2) is 0 Å². The van der Waals surface area contributed by atoms with E-state index in [0.29, 0.717) is 18.2 Å². The van der Waals surface area contributed by atoms with Crippen molar-refractivity contribution in [3.8, 4) is 5.75 Å². The molecule has 0 aliphatic rings. The van der Waals surface area contributed by atoms with Gasteiger partial charge in [0.2, 0.25) is 0 Å². The average molecular weight is 376 g/mol. The van der Waals surface area contributed by atoms with Crippen LogP contribution in [0.1, 0.15) is 36.5 Å². The Labute approximate surface area is 146 Å². The maximum atomic E-state index is 11.9. The van der Waals surface area contributed by atoms with Crippen LogP contribution in [0.2, 0.25) is 0 Å². The number of ether oxygens (including phenoxy) is 1. The minimum atomic E-state index is -0.131. The summed E-state index contributed by atoms with van der Waals surface area (Å²) in [6, 6.07) is 14.0. The maximum absolute atomic E-state index is 11.9. The normalized spacial score (nSPS) is 10.7. The standard InChI is InChI=1S/C19H22BrNO2/c1-13(2)15-8-9-18(17(20)10-15)23-12-19(22)21-11-16-7-5-4-6-14(16)3/h4-10,13H,11-12H2,1-3H3,(H,21,22). The zero-order valence-corrected chi connectivity index (χ0v) is 15.3. The first-order chi connectivity index (χ1) is 11.0. The molecule has 2 aromatic carbocycles. The molecule has 23 heavy (non-hydrogen) atoms. The minimum absolute atomic E-state index is 0.00546. The van der Waals surface area contributed by atoms with E-state index in [1.165, 1.54) is 11.1 Å². The summed E-state index contributed by atoms with van der Waals surface area (Å²) in [6.07, 6.45) is 0. The summed E-state index contributed by atoms with van der Waals surface area (Å²) in [6.45, 7) is 6.84. The second-order valence-electron chi connectivity index (χ2n) is 5.84. The van der Waals surface area contributed by atoms with Gasteiger partial charge in [0.15, 0.2) is 6.61 Å². The van der Waals surface area contributed by atoms with Gasteiger partial charge in [-0.05, 0) is 57.6 Å². The molecule has 0 aliphatic carbocycles. The summed E-state index contributed by atoms with van der Waals surface area (Å²) >= 11 is 3.49. The van der Waals surface area contributed by atoms with Crippen LogP contribution in [-0.4, -0.2) is 12.5 Å². The highest BCUT2D eigenvalue weighted by Crippen LogP contribution is 2.28. The number of rotatable bonds is 6. The largest absolute Gasteiger partial charge is 0.483 e. The second-order valence-corrected chi connectivity index (χ2v) is 6.69. The Morgan fingerprint density at radius 3 is 2.61 bits per heavy atom. The molecule has 0 bridgehead atoms. The molecule has 0 aliphatic heterocycles. The fourth-order valence-electron chi connectivity index (χ4n) is 2.19. The SMILES string of the molecule is Cc1ccccc1CNC(=O)COc1ccc(C(C)C)cc1Br. The first kappa shape index (κ1) is 17.5. The molecular weight excluding hydrogens is 354 g/mol. The number of nitrogens with one attached hydrogen (secondary N) is 1. The molecule has 0 spiro atoms. The van der Waals surface area contributed by atoms with Crippen LogP contribution in [-0.2, 0) is 11.3 Å². The van der Waals surface area contributed by atoms with Crippen LogP contribution in [0.5, 0.6) is 5.75 Å². The van der Waals surface area contributed by atoms with Gasteiger partial charge < -0.3 is 10.1 Å². The van der Waals surface area contributed by atoms with Crippen molar-refractivity contribution in [2.45, 2.75) is 33.2 Å². The molecule has 4 heteroatoms. The van der Waals surface area contributed by atoms with Gasteiger partial charge in [-0.15, -0.1) is 0 Å². The maximum Gasteiger partial charge on any atom is 0.258 e. The van der Waals surface area contributed by atoms with Gasteiger partial charge in [0.1, 0.15) is 5.75 Å². The summed E-state index contributed by atoms with van der Waals surface area (Å²) in [5.74, 6) is 1.01. The molecule has 1 amide bonds. The molecule has 0 aromatic heterocycles. The minimum Gasteiger partial charge on any atom is -0.483 e. The molecule has 1 N–H and O–H groups in total. The molecular formula is C19H22BrNO2. The van der Waals surface area contributed by atoms with Crippen molar-refractivity contribution in [2.75, 3.05) is 6.61 Å². The van der Waals surface area contributed by atoms with Crippen molar-refractivity contribution in [1.29, 1.82) is 0 Å². The van der Waals surface area contributed by atoms with E-state index in [-0.39, 0.29) is 12.5 Å². The van der Waals surface area contributed by atoms with Crippen LogP contribution in [0, 0.1) is 6.92 Å². The highest BCUT2D eigenvalue weighted by atomic mass is 79.9. The van der Waals surface area contributed by atoms with Crippen LogP contribution in [0.3, 0.4) is 0 Å². The molecule has 0 atom stereocenters. The lowest BCUT2D eigenvalue weighted by Crippen LogP contribution is -2.28. The quantitative estimate of drug-likeness (QED) is 0.802. The van der Waals surface area contributed by atoms with Crippen LogP contribution >= 0.6 is 15.9 Å². The van der Waals surface area contributed by atoms with Gasteiger partial charge in [-0.3, -0.25) is 4.79 Å². The van der Waals surface area contributed by atoms with Crippen LogP contribution in [0.4, 0.5) is 0 Å². The lowest BCUT2D eigenvalue weighted by Gasteiger charge is -2.12. The average Bonchev–Trinajstić information content (AvgIpc) is 2.52. The fraction of sp³-hybridized carbons (Fsp3) is 0.316. The van der Waals surface area contributed by atoms with Crippen molar-refractivity contribution < 1.29 is 9.53 Å². The van der Waals surface area contributed by atoms with Gasteiger partial charge in [-0.1, -0.05) is 44.2 Å². The summed E-state index contributed by atoms with van der Waals surface area (Å²) < 4.78 is 6.46. The number of hydrogen-bond acceptors (Lipinski definition) is 2. The van der Waals surface area contributed by atoms with E-state index in [2.05, 4.69) is 35.1 Å². The lowest BCUT2D eigenvalue weighted by atomic mass is 10.0. The predicted octanol–water partition coefficient (Wildman–Crippen LogP) is 4.58. The van der Waals surface area contributed by atoms with Crippen molar-refractivity contribution in [2.24, 2.45) is 0 Å². The Morgan fingerprint density at radius 2 is 1.96 bits per heavy atom. The lowest BCUT2D eigenvalue weighted by molar-refractivity contribution is -0.123. The molecule has 0 radical (unpaired) electrons. The highest BCUT2D eigenvalue weighted by Gasteiger charge is 2.08. The molecule has 0 unspecified atom stereocenters. The molecule has 2 rings (SSSR count). The van der Waals surface area contributed by atoms with Crippen molar-refractivity contribution >= 4 is 21.8 Å². The Morgan fingerprint density at radius 1 is 1.22 bits per heavy atom. The number of carbonyl (C=O) groups excluding carboxylic acids is 1. The molecule has 2 aromatic rings. The molecule has 0 heterocycles. The fourth-order valence-corrected chi connectivity index (χ4v) is 2.70. The molecule has 3 nitrogen and oxygen atoms in total. The monoisotopic (exact) mass is 375 g/mol. The smallest absolute Gasteiger partial charge is 0.258 e. The Bertz CT molecular complexity index is 683. The van der Waals surface area contributed by atoms with Crippen molar-refractivity contribution in [1.82, 2.24) is 5.32 Å². The highest BCUT2D eigenvalue weighted by molar-refractivity contribution is 9.10. The number of carbonyl (C=O) groups is 1. The van der Waals surface area contributed by atoms with Crippen LogP contribution in [0.15, 0.2) is 46.9 Å². The van der Waals surface area contributed by atoms with Gasteiger partial charge in [0, 0.05) is 6.54 Å². The van der Waals surface area contributed by atoms with Crippen LogP contribution < -0.4 is 10.1 Å². The Balaban J connectivity index is 1.86. The van der Waals surface area contributed by atoms with E-state index in [1.807, 2.05) is 49.4 Å². The summed E-state index contributed by atoms with van der Waals surface area (Å²) in [4.78, 5) is 11.9. The van der Waals surface area contributed by atoms with Crippen molar-refractivity contribution in [3.63, 3.8) is 0 Å².